The Morgan fingerprint density at radius 2 is 1.86 bits per heavy atom. The molecule has 1 amide bonds. The van der Waals surface area contributed by atoms with E-state index in [2.05, 4.69) is 5.32 Å². The molecule has 2 aromatic rings. The number of carbonyl (C=O) groups excluding carboxylic acids is 1. The number of halogens is 3. The second kappa shape index (κ2) is 6.11. The van der Waals surface area contributed by atoms with Crippen molar-refractivity contribution in [2.45, 2.75) is 0 Å². The number of benzene rings is 2. The van der Waals surface area contributed by atoms with Gasteiger partial charge in [-0.15, -0.1) is 0 Å². The highest BCUT2D eigenvalue weighted by Crippen LogP contribution is 2.24. The molecule has 0 aromatic heterocycles. The van der Waals surface area contributed by atoms with Gasteiger partial charge in [-0.3, -0.25) is 4.79 Å². The third-order valence-electron chi connectivity index (χ3n) is 2.65. The summed E-state index contributed by atoms with van der Waals surface area (Å²) in [4.78, 5) is 23.1. The highest BCUT2D eigenvalue weighted by Gasteiger charge is 2.19. The van der Waals surface area contributed by atoms with E-state index < -0.39 is 23.3 Å². The predicted molar refractivity (Wildman–Crippen MR) is 77.8 cm³/mol. The Morgan fingerprint density at radius 1 is 1.14 bits per heavy atom. The average Bonchev–Trinajstić information content (AvgIpc) is 2.37. The highest BCUT2D eigenvalue weighted by atomic mass is 35.5. The molecule has 7 heteroatoms. The van der Waals surface area contributed by atoms with Crippen molar-refractivity contribution in [1.29, 1.82) is 0 Å². The molecular formula is C14H8Cl2FNO3. The van der Waals surface area contributed by atoms with Crippen LogP contribution in [0.3, 0.4) is 0 Å². The van der Waals surface area contributed by atoms with Crippen molar-refractivity contribution < 1.29 is 19.1 Å². The summed E-state index contributed by atoms with van der Waals surface area (Å²) in [5.41, 5.74) is -0.670. The maximum absolute atomic E-state index is 13.5. The molecule has 4 nitrogen and oxygen atoms in total. The first-order valence-corrected chi connectivity index (χ1v) is 6.44. The van der Waals surface area contributed by atoms with Gasteiger partial charge in [0.15, 0.2) is 0 Å². The molecule has 0 bridgehead atoms. The van der Waals surface area contributed by atoms with E-state index in [1.54, 1.807) is 0 Å². The fourth-order valence-electron chi connectivity index (χ4n) is 1.71. The summed E-state index contributed by atoms with van der Waals surface area (Å²) < 4.78 is 13.5. The van der Waals surface area contributed by atoms with Gasteiger partial charge in [-0.1, -0.05) is 29.3 Å². The molecule has 2 aromatic carbocycles. The predicted octanol–water partition coefficient (Wildman–Crippen LogP) is 4.08. The van der Waals surface area contributed by atoms with Gasteiger partial charge in [0.25, 0.3) is 5.91 Å². The fourth-order valence-corrected chi connectivity index (χ4v) is 2.20. The van der Waals surface area contributed by atoms with E-state index >= 15 is 0 Å². The smallest absolute Gasteiger partial charge is 0.340 e. The maximum atomic E-state index is 13.5. The average molecular weight is 328 g/mol. The lowest BCUT2D eigenvalue weighted by Gasteiger charge is -2.10. The maximum Gasteiger partial charge on any atom is 0.340 e. The van der Waals surface area contributed by atoms with Gasteiger partial charge in [-0.25, -0.2) is 9.18 Å². The van der Waals surface area contributed by atoms with Gasteiger partial charge in [0, 0.05) is 5.02 Å². The standard InChI is InChI=1S/C14H8Cl2FNO3/c15-7-4-5-8(9(16)6-7)13(19)18-11-3-1-2-10(17)12(11)14(20)21/h1-6H,(H,18,19)(H,20,21). The lowest BCUT2D eigenvalue weighted by molar-refractivity contribution is 0.0693. The summed E-state index contributed by atoms with van der Waals surface area (Å²) in [7, 11) is 0. The van der Waals surface area contributed by atoms with Crippen LogP contribution in [-0.2, 0) is 0 Å². The number of nitrogens with one attached hydrogen (secondary N) is 1. The van der Waals surface area contributed by atoms with Gasteiger partial charge < -0.3 is 10.4 Å². The monoisotopic (exact) mass is 327 g/mol. The number of carboxylic acids is 1. The van der Waals surface area contributed by atoms with Crippen LogP contribution in [0.5, 0.6) is 0 Å². The second-order valence-corrected chi connectivity index (χ2v) is 4.89. The van der Waals surface area contributed by atoms with Crippen LogP contribution in [0.25, 0.3) is 0 Å². The number of anilines is 1. The molecule has 108 valence electrons. The molecule has 0 fully saturated rings. The number of carboxylic acid groups (broad SMARTS) is 1. The number of hydrogen-bond acceptors (Lipinski definition) is 2. The first kappa shape index (κ1) is 15.3. The third kappa shape index (κ3) is 3.32. The van der Waals surface area contributed by atoms with E-state index in [0.717, 1.165) is 6.07 Å². The summed E-state index contributed by atoms with van der Waals surface area (Å²) in [6.07, 6.45) is 0. The SMILES string of the molecule is O=C(Nc1cccc(F)c1C(=O)O)c1ccc(Cl)cc1Cl. The minimum atomic E-state index is -1.48. The Labute approximate surface area is 129 Å². The number of carbonyl (C=O) groups is 2. The van der Waals surface area contributed by atoms with Crippen LogP contribution in [0, 0.1) is 5.82 Å². The number of rotatable bonds is 3. The summed E-state index contributed by atoms with van der Waals surface area (Å²) in [5.74, 6) is -3.09. The quantitative estimate of drug-likeness (QED) is 0.892. The van der Waals surface area contributed by atoms with Gasteiger partial charge in [0.2, 0.25) is 0 Å². The van der Waals surface area contributed by atoms with Crippen molar-refractivity contribution in [3.05, 3.63) is 63.4 Å². The topological polar surface area (TPSA) is 66.4 Å². The van der Waals surface area contributed by atoms with Crippen LogP contribution < -0.4 is 5.32 Å². The molecule has 2 rings (SSSR count). The van der Waals surface area contributed by atoms with Gasteiger partial charge in [-0.05, 0) is 30.3 Å². The molecule has 21 heavy (non-hydrogen) atoms. The van der Waals surface area contributed by atoms with E-state index in [9.17, 15) is 14.0 Å². The van der Waals surface area contributed by atoms with Gasteiger partial charge in [0.05, 0.1) is 16.3 Å². The second-order valence-electron chi connectivity index (χ2n) is 4.05. The molecule has 0 aliphatic rings. The zero-order valence-corrected chi connectivity index (χ0v) is 11.9. The van der Waals surface area contributed by atoms with E-state index in [1.165, 1.54) is 30.3 Å². The molecule has 0 unspecified atom stereocenters. The first-order chi connectivity index (χ1) is 9.90. The fraction of sp³-hybridized carbons (Fsp3) is 0. The van der Waals surface area contributed by atoms with E-state index in [0.29, 0.717) is 5.02 Å². The van der Waals surface area contributed by atoms with Crippen molar-refractivity contribution in [3.8, 4) is 0 Å². The normalized spacial score (nSPS) is 10.2. The van der Waals surface area contributed by atoms with Crippen LogP contribution in [0.2, 0.25) is 10.0 Å². The number of hydrogen-bond donors (Lipinski definition) is 2. The Morgan fingerprint density at radius 3 is 2.48 bits per heavy atom. The molecule has 0 aliphatic carbocycles. The lowest BCUT2D eigenvalue weighted by atomic mass is 10.1. The van der Waals surface area contributed by atoms with Crippen LogP contribution in [-0.4, -0.2) is 17.0 Å². The molecule has 0 heterocycles. The lowest BCUT2D eigenvalue weighted by Crippen LogP contribution is -2.16. The van der Waals surface area contributed by atoms with Gasteiger partial charge in [0.1, 0.15) is 11.4 Å². The molecule has 0 radical (unpaired) electrons. The zero-order valence-electron chi connectivity index (χ0n) is 10.4. The van der Waals surface area contributed by atoms with Crippen molar-refractivity contribution in [2.75, 3.05) is 5.32 Å². The Hall–Kier alpha value is -2.11. The molecule has 0 saturated carbocycles. The van der Waals surface area contributed by atoms with E-state index in [4.69, 9.17) is 28.3 Å². The van der Waals surface area contributed by atoms with E-state index in [1.807, 2.05) is 0 Å². The summed E-state index contributed by atoms with van der Waals surface area (Å²) in [5, 5.41) is 11.8. The van der Waals surface area contributed by atoms with Crippen LogP contribution in [0.15, 0.2) is 36.4 Å². The van der Waals surface area contributed by atoms with Gasteiger partial charge >= 0.3 is 5.97 Å². The highest BCUT2D eigenvalue weighted by molar-refractivity contribution is 6.37. The summed E-state index contributed by atoms with van der Waals surface area (Å²) in [6.45, 7) is 0. The molecule has 0 spiro atoms. The minimum Gasteiger partial charge on any atom is -0.478 e. The summed E-state index contributed by atoms with van der Waals surface area (Å²) >= 11 is 11.6. The molecule has 0 aliphatic heterocycles. The number of amides is 1. The summed E-state index contributed by atoms with van der Waals surface area (Å²) in [6, 6.07) is 7.80. The van der Waals surface area contributed by atoms with Crippen LogP contribution >= 0.6 is 23.2 Å². The first-order valence-electron chi connectivity index (χ1n) is 5.68. The molecule has 0 atom stereocenters. The third-order valence-corrected chi connectivity index (χ3v) is 3.20. The van der Waals surface area contributed by atoms with Crippen molar-refractivity contribution in [2.24, 2.45) is 0 Å². The van der Waals surface area contributed by atoms with Gasteiger partial charge in [-0.2, -0.15) is 0 Å². The van der Waals surface area contributed by atoms with E-state index in [-0.39, 0.29) is 16.3 Å². The minimum absolute atomic E-state index is 0.0988. The van der Waals surface area contributed by atoms with Crippen LogP contribution in [0.1, 0.15) is 20.7 Å². The van der Waals surface area contributed by atoms with Crippen molar-refractivity contribution in [1.82, 2.24) is 0 Å². The Balaban J connectivity index is 2.36. The largest absolute Gasteiger partial charge is 0.478 e. The molecular weight excluding hydrogens is 320 g/mol. The number of aromatic carboxylic acids is 1. The molecule has 0 saturated heterocycles. The molecule has 2 N–H and O–H groups in total. The Kier molecular flexibility index (Phi) is 4.45. The van der Waals surface area contributed by atoms with Crippen molar-refractivity contribution >= 4 is 40.8 Å². The van der Waals surface area contributed by atoms with Crippen molar-refractivity contribution in [3.63, 3.8) is 0 Å². The van der Waals surface area contributed by atoms with Crippen LogP contribution in [0.4, 0.5) is 10.1 Å². The Bertz CT molecular complexity index is 734. The zero-order chi connectivity index (χ0) is 15.6.